The summed E-state index contributed by atoms with van der Waals surface area (Å²) in [5.74, 6) is 0.899. The number of halogens is 2. The van der Waals surface area contributed by atoms with Crippen molar-refractivity contribution in [3.63, 3.8) is 0 Å². The molecule has 3 N–H and O–H groups in total. The number of hydrogen-bond acceptors (Lipinski definition) is 11. The number of methoxy groups -OCH3 is 2. The van der Waals surface area contributed by atoms with Crippen LogP contribution < -0.4 is 25.4 Å². The van der Waals surface area contributed by atoms with Crippen LogP contribution in [-0.4, -0.2) is 84.1 Å². The van der Waals surface area contributed by atoms with Gasteiger partial charge in [0.05, 0.1) is 61.3 Å². The van der Waals surface area contributed by atoms with Gasteiger partial charge in [-0.05, 0) is 6.42 Å². The van der Waals surface area contributed by atoms with E-state index in [2.05, 4.69) is 30.8 Å². The summed E-state index contributed by atoms with van der Waals surface area (Å²) >= 11 is 14.1. The van der Waals surface area contributed by atoms with Gasteiger partial charge in [-0.3, -0.25) is 25.0 Å². The van der Waals surface area contributed by atoms with E-state index in [1.807, 2.05) is 36.4 Å². The van der Waals surface area contributed by atoms with Crippen molar-refractivity contribution in [3.8, 4) is 45.4 Å². The Bertz CT molecular complexity index is 1740. The Hall–Kier alpha value is -3.91. The van der Waals surface area contributed by atoms with Crippen molar-refractivity contribution in [2.75, 3.05) is 47.3 Å². The molecule has 2 aromatic carbocycles. The van der Waals surface area contributed by atoms with Gasteiger partial charge in [0.2, 0.25) is 17.7 Å². The molecule has 1 atom stereocenters. The smallest absolute Gasteiger partial charge is 0.237 e. The summed E-state index contributed by atoms with van der Waals surface area (Å²) < 4.78 is 16.6. The van der Waals surface area contributed by atoms with E-state index < -0.39 is 0 Å². The highest BCUT2D eigenvalue weighted by molar-refractivity contribution is 6.39. The van der Waals surface area contributed by atoms with Gasteiger partial charge >= 0.3 is 0 Å². The van der Waals surface area contributed by atoms with Crippen LogP contribution in [0.15, 0.2) is 48.8 Å². The van der Waals surface area contributed by atoms with Gasteiger partial charge in [0.1, 0.15) is 18.1 Å². The predicted octanol–water partition coefficient (Wildman–Crippen LogP) is 4.30. The van der Waals surface area contributed by atoms with Crippen molar-refractivity contribution < 1.29 is 19.0 Å². The number of benzene rings is 2. The van der Waals surface area contributed by atoms with E-state index >= 15 is 0 Å². The highest BCUT2D eigenvalue weighted by Gasteiger charge is 2.22. The molecule has 1 amide bonds. The lowest BCUT2D eigenvalue weighted by Crippen LogP contribution is -2.35. The van der Waals surface area contributed by atoms with Crippen molar-refractivity contribution in [2.24, 2.45) is 0 Å². The van der Waals surface area contributed by atoms with Crippen molar-refractivity contribution in [1.82, 2.24) is 40.8 Å². The number of carbonyl (C=O) groups excluding carboxylic acids is 1. The monoisotopic (exact) mass is 678 g/mol. The van der Waals surface area contributed by atoms with Crippen LogP contribution in [0.25, 0.3) is 33.6 Å². The molecule has 246 valence electrons. The van der Waals surface area contributed by atoms with Crippen LogP contribution in [0.5, 0.6) is 11.8 Å². The topological polar surface area (TPSA) is 136 Å². The lowest BCUT2D eigenvalue weighted by Gasteiger charge is -2.16. The predicted molar refractivity (Wildman–Crippen MR) is 179 cm³/mol. The summed E-state index contributed by atoms with van der Waals surface area (Å²) in [7, 11) is 3.13. The molecule has 2 saturated heterocycles. The number of carbonyl (C=O) groups is 1. The number of nitrogens with one attached hydrogen (secondary N) is 3. The molecular weight excluding hydrogens is 643 g/mol. The van der Waals surface area contributed by atoms with Crippen LogP contribution >= 0.6 is 23.2 Å². The summed E-state index contributed by atoms with van der Waals surface area (Å²) in [5, 5.41) is 10.6. The van der Waals surface area contributed by atoms with Crippen LogP contribution in [0.2, 0.25) is 10.0 Å². The Kier molecular flexibility index (Phi) is 10.8. The Labute approximate surface area is 283 Å². The first-order chi connectivity index (χ1) is 22.9. The van der Waals surface area contributed by atoms with E-state index in [1.165, 1.54) is 0 Å². The van der Waals surface area contributed by atoms with E-state index in [9.17, 15) is 4.79 Å². The zero-order valence-corrected chi connectivity index (χ0v) is 27.7. The first kappa shape index (κ1) is 33.0. The van der Waals surface area contributed by atoms with E-state index in [-0.39, 0.29) is 11.9 Å². The molecule has 0 aliphatic carbocycles. The van der Waals surface area contributed by atoms with Gasteiger partial charge in [-0.15, -0.1) is 0 Å². The third kappa shape index (κ3) is 7.64. The molecule has 4 heterocycles. The molecule has 0 unspecified atom stereocenters. The van der Waals surface area contributed by atoms with Gasteiger partial charge in [0, 0.05) is 60.9 Å². The van der Waals surface area contributed by atoms with Gasteiger partial charge in [-0.25, -0.2) is 9.97 Å². The van der Waals surface area contributed by atoms with Crippen LogP contribution in [0.3, 0.4) is 0 Å². The summed E-state index contributed by atoms with van der Waals surface area (Å²) in [6, 6.07) is 11.5. The zero-order chi connectivity index (χ0) is 32.8. The summed E-state index contributed by atoms with van der Waals surface area (Å²) in [6.45, 7) is 4.52. The van der Waals surface area contributed by atoms with Crippen LogP contribution in [0.1, 0.15) is 24.2 Å². The van der Waals surface area contributed by atoms with Crippen LogP contribution in [0.4, 0.5) is 0 Å². The normalized spacial score (nSPS) is 16.4. The quantitative estimate of drug-likeness (QED) is 0.187. The largest absolute Gasteiger partial charge is 0.480 e. The van der Waals surface area contributed by atoms with Crippen LogP contribution in [-0.2, 0) is 22.6 Å². The molecule has 0 radical (unpaired) electrons. The standard InChI is InChI=1S/C33H36Cl2N8O4/c1-45-32-27(14-36-13-20-9-10-29(44)40-20)38-16-25(41-32)23-7-3-5-21(30(23)34)22-6-4-8-24(31(22)35)26-17-39-28(33(42-26)46-2)15-37-18-43-11-12-47-19-43/h3-8,16-17,20,36-37H,9-15,18-19H2,1-2H3,(H,40,44)/t20-/m0/s1. The molecule has 4 aromatic rings. The maximum atomic E-state index is 11.5. The average Bonchev–Trinajstić information content (AvgIpc) is 3.77. The highest BCUT2D eigenvalue weighted by Crippen LogP contribution is 2.42. The molecule has 2 fully saturated rings. The fourth-order valence-electron chi connectivity index (χ4n) is 5.60. The lowest BCUT2D eigenvalue weighted by atomic mass is 9.98. The highest BCUT2D eigenvalue weighted by atomic mass is 35.5. The minimum absolute atomic E-state index is 0.0849. The van der Waals surface area contributed by atoms with Crippen LogP contribution in [0, 0.1) is 0 Å². The molecular formula is C33H36Cl2N8O4. The van der Waals surface area contributed by atoms with Gasteiger partial charge < -0.3 is 24.8 Å². The minimum atomic E-state index is 0.0849. The summed E-state index contributed by atoms with van der Waals surface area (Å²) in [4.78, 5) is 32.4. The molecule has 14 heteroatoms. The molecule has 0 saturated carbocycles. The second-order valence-electron chi connectivity index (χ2n) is 11.2. The Morgan fingerprint density at radius 2 is 1.47 bits per heavy atom. The van der Waals surface area contributed by atoms with E-state index in [1.54, 1.807) is 26.6 Å². The first-order valence-corrected chi connectivity index (χ1v) is 16.1. The van der Waals surface area contributed by atoms with Gasteiger partial charge in [-0.1, -0.05) is 59.6 Å². The molecule has 12 nitrogen and oxygen atoms in total. The Morgan fingerprint density at radius 3 is 1.98 bits per heavy atom. The van der Waals surface area contributed by atoms with Crippen molar-refractivity contribution in [3.05, 3.63) is 70.2 Å². The summed E-state index contributed by atoms with van der Waals surface area (Å²) in [6.07, 6.45) is 4.75. The Balaban J connectivity index is 1.21. The number of hydrogen-bond donors (Lipinski definition) is 3. The SMILES string of the molecule is COc1nc(-c2cccc(-c3cccc(-c4cnc(CNCN5CCOC5)c(OC)n4)c3Cl)c2Cl)cnc1CNC[C@@H]1CCC(=O)N1. The molecule has 2 aliphatic rings. The van der Waals surface area contributed by atoms with Gasteiger partial charge in [-0.2, -0.15) is 0 Å². The third-order valence-corrected chi connectivity index (χ3v) is 8.89. The zero-order valence-electron chi connectivity index (χ0n) is 26.2. The lowest BCUT2D eigenvalue weighted by molar-refractivity contribution is -0.119. The minimum Gasteiger partial charge on any atom is -0.480 e. The molecule has 0 bridgehead atoms. The third-order valence-electron chi connectivity index (χ3n) is 8.07. The van der Waals surface area contributed by atoms with E-state index in [0.29, 0.717) is 95.2 Å². The van der Waals surface area contributed by atoms with Gasteiger partial charge in [0.25, 0.3) is 0 Å². The Morgan fingerprint density at radius 1 is 0.894 bits per heavy atom. The molecule has 0 spiro atoms. The van der Waals surface area contributed by atoms with Crippen molar-refractivity contribution in [1.29, 1.82) is 0 Å². The second-order valence-corrected chi connectivity index (χ2v) is 12.0. The molecule has 47 heavy (non-hydrogen) atoms. The molecule has 2 aromatic heterocycles. The molecule has 6 rings (SSSR count). The number of rotatable bonds is 13. The fraction of sp³-hybridized carbons (Fsp3) is 0.364. The van der Waals surface area contributed by atoms with Crippen molar-refractivity contribution in [2.45, 2.75) is 32.0 Å². The second kappa shape index (κ2) is 15.3. The van der Waals surface area contributed by atoms with E-state index in [4.69, 9.17) is 47.4 Å². The maximum absolute atomic E-state index is 11.5. The summed E-state index contributed by atoms with van der Waals surface area (Å²) in [5.41, 5.74) is 5.33. The number of aromatic nitrogens is 4. The maximum Gasteiger partial charge on any atom is 0.237 e. The fourth-order valence-corrected chi connectivity index (χ4v) is 6.25. The number of nitrogens with zero attached hydrogens (tertiary/aromatic N) is 5. The average molecular weight is 680 g/mol. The number of ether oxygens (including phenoxy) is 3. The van der Waals surface area contributed by atoms with Crippen molar-refractivity contribution >= 4 is 29.1 Å². The molecule has 2 aliphatic heterocycles. The first-order valence-electron chi connectivity index (χ1n) is 15.3. The number of amides is 1. The van der Waals surface area contributed by atoms with Gasteiger partial charge in [0.15, 0.2) is 0 Å². The van der Waals surface area contributed by atoms with E-state index in [0.717, 1.165) is 30.7 Å².